The number of Topliss-reactive ketones (excluding diaryl/α,β-unsaturated/α-hetero) is 1. The summed E-state index contributed by atoms with van der Waals surface area (Å²) in [5.74, 6) is 0.375. The highest BCUT2D eigenvalue weighted by atomic mass is 16.5. The van der Waals surface area contributed by atoms with E-state index in [1.807, 2.05) is 13.8 Å². The lowest BCUT2D eigenvalue weighted by Gasteiger charge is -2.36. The first-order valence-corrected chi connectivity index (χ1v) is 8.19. The van der Waals surface area contributed by atoms with Crippen molar-refractivity contribution in [3.05, 3.63) is 0 Å². The van der Waals surface area contributed by atoms with Crippen LogP contribution in [-0.4, -0.2) is 18.4 Å². The van der Waals surface area contributed by atoms with Crippen LogP contribution in [0.5, 0.6) is 0 Å². The van der Waals surface area contributed by atoms with E-state index in [1.165, 1.54) is 12.8 Å². The molecule has 0 aromatic carbocycles. The van der Waals surface area contributed by atoms with Crippen molar-refractivity contribution in [2.45, 2.75) is 65.7 Å². The Morgan fingerprint density at radius 1 is 1.35 bits per heavy atom. The Balaban J connectivity index is 2.18. The Labute approximate surface area is 122 Å². The second kappa shape index (κ2) is 6.28. The van der Waals surface area contributed by atoms with Gasteiger partial charge in [-0.3, -0.25) is 9.59 Å². The van der Waals surface area contributed by atoms with Gasteiger partial charge in [-0.05, 0) is 43.9 Å². The van der Waals surface area contributed by atoms with Gasteiger partial charge < -0.3 is 4.74 Å². The zero-order valence-electron chi connectivity index (χ0n) is 13.1. The molecule has 0 unspecified atom stereocenters. The van der Waals surface area contributed by atoms with E-state index in [-0.39, 0.29) is 29.1 Å². The summed E-state index contributed by atoms with van der Waals surface area (Å²) in [6, 6.07) is 0. The van der Waals surface area contributed by atoms with E-state index in [2.05, 4.69) is 6.92 Å². The van der Waals surface area contributed by atoms with Crippen molar-refractivity contribution >= 4 is 11.8 Å². The van der Waals surface area contributed by atoms with Crippen LogP contribution in [0.15, 0.2) is 0 Å². The molecule has 2 aliphatic carbocycles. The fourth-order valence-corrected chi connectivity index (χ4v) is 4.39. The van der Waals surface area contributed by atoms with Gasteiger partial charge in [-0.15, -0.1) is 0 Å². The summed E-state index contributed by atoms with van der Waals surface area (Å²) in [6.07, 6.45) is 7.32. The molecule has 0 saturated heterocycles. The molecule has 2 aliphatic rings. The van der Waals surface area contributed by atoms with E-state index in [9.17, 15) is 9.59 Å². The average molecular weight is 280 g/mol. The number of ether oxygens (including phenoxy) is 1. The molecular weight excluding hydrogens is 252 g/mol. The van der Waals surface area contributed by atoms with Crippen LogP contribution in [0.3, 0.4) is 0 Å². The molecule has 2 fully saturated rings. The standard InChI is InChI=1S/C17H28O3/c1-4-20-16(19)12(2)13-9-11-17(3)10-7-5-6-8-14(18)15(13)17/h12-13,15H,4-11H2,1-3H3/t12-,13-,15+,17+/m0/s1. The summed E-state index contributed by atoms with van der Waals surface area (Å²) in [5, 5.41) is 0. The van der Waals surface area contributed by atoms with E-state index in [1.54, 1.807) is 0 Å². The maximum atomic E-state index is 12.6. The quantitative estimate of drug-likeness (QED) is 0.739. The van der Waals surface area contributed by atoms with Crippen molar-refractivity contribution in [2.24, 2.45) is 23.2 Å². The first-order chi connectivity index (χ1) is 9.49. The Morgan fingerprint density at radius 2 is 2.10 bits per heavy atom. The van der Waals surface area contributed by atoms with Gasteiger partial charge in [0, 0.05) is 12.3 Å². The average Bonchev–Trinajstić information content (AvgIpc) is 2.73. The summed E-state index contributed by atoms with van der Waals surface area (Å²) in [5.41, 5.74) is 0.114. The minimum atomic E-state index is -0.148. The van der Waals surface area contributed by atoms with Gasteiger partial charge in [0.2, 0.25) is 0 Å². The first kappa shape index (κ1) is 15.5. The van der Waals surface area contributed by atoms with Crippen LogP contribution < -0.4 is 0 Å². The summed E-state index contributed by atoms with van der Waals surface area (Å²) in [6.45, 7) is 6.47. The second-order valence-electron chi connectivity index (χ2n) is 6.90. The Hall–Kier alpha value is -0.860. The number of ketones is 1. The van der Waals surface area contributed by atoms with E-state index < -0.39 is 0 Å². The fourth-order valence-electron chi connectivity index (χ4n) is 4.39. The number of carbonyl (C=O) groups excluding carboxylic acids is 2. The van der Waals surface area contributed by atoms with Gasteiger partial charge in [-0.25, -0.2) is 0 Å². The maximum absolute atomic E-state index is 12.6. The summed E-state index contributed by atoms with van der Waals surface area (Å²) < 4.78 is 5.17. The van der Waals surface area contributed by atoms with Crippen LogP contribution in [0.25, 0.3) is 0 Å². The predicted octanol–water partition coefficient (Wildman–Crippen LogP) is 3.75. The molecule has 2 rings (SSSR count). The van der Waals surface area contributed by atoms with Gasteiger partial charge in [0.05, 0.1) is 12.5 Å². The number of hydrogen-bond acceptors (Lipinski definition) is 3. The number of fused-ring (bicyclic) bond motifs is 1. The monoisotopic (exact) mass is 280 g/mol. The van der Waals surface area contributed by atoms with Crippen LogP contribution in [0, 0.1) is 23.2 Å². The van der Waals surface area contributed by atoms with Gasteiger partial charge >= 0.3 is 5.97 Å². The lowest BCUT2D eigenvalue weighted by atomic mass is 9.67. The van der Waals surface area contributed by atoms with E-state index in [0.717, 1.165) is 25.7 Å². The van der Waals surface area contributed by atoms with Crippen LogP contribution in [0.2, 0.25) is 0 Å². The van der Waals surface area contributed by atoms with Crippen LogP contribution >= 0.6 is 0 Å². The second-order valence-corrected chi connectivity index (χ2v) is 6.90. The molecule has 4 atom stereocenters. The Kier molecular flexibility index (Phi) is 4.87. The van der Waals surface area contributed by atoms with E-state index in [0.29, 0.717) is 18.8 Å². The molecule has 0 heterocycles. The molecule has 114 valence electrons. The number of carbonyl (C=O) groups is 2. The minimum Gasteiger partial charge on any atom is -0.466 e. The normalized spacial score (nSPS) is 35.9. The van der Waals surface area contributed by atoms with Crippen LogP contribution in [-0.2, 0) is 14.3 Å². The third-order valence-electron chi connectivity index (χ3n) is 5.55. The van der Waals surface area contributed by atoms with Gasteiger partial charge in [-0.2, -0.15) is 0 Å². The minimum absolute atomic E-state index is 0.0715. The molecule has 0 radical (unpaired) electrons. The fraction of sp³-hybridized carbons (Fsp3) is 0.882. The van der Waals surface area contributed by atoms with Gasteiger partial charge in [0.15, 0.2) is 0 Å². The highest BCUT2D eigenvalue weighted by Gasteiger charge is 2.51. The molecule has 0 aromatic heterocycles. The van der Waals surface area contributed by atoms with E-state index >= 15 is 0 Å². The summed E-state index contributed by atoms with van der Waals surface area (Å²) in [4.78, 5) is 24.6. The number of esters is 1. The zero-order valence-corrected chi connectivity index (χ0v) is 13.1. The van der Waals surface area contributed by atoms with Crippen LogP contribution in [0.4, 0.5) is 0 Å². The lowest BCUT2D eigenvalue weighted by Crippen LogP contribution is -2.37. The van der Waals surface area contributed by atoms with E-state index in [4.69, 9.17) is 4.74 Å². The molecule has 0 aromatic rings. The van der Waals surface area contributed by atoms with Crippen molar-refractivity contribution in [3.8, 4) is 0 Å². The molecule has 3 heteroatoms. The largest absolute Gasteiger partial charge is 0.466 e. The first-order valence-electron chi connectivity index (χ1n) is 8.19. The molecule has 0 aliphatic heterocycles. The molecule has 0 N–H and O–H groups in total. The third-order valence-corrected chi connectivity index (χ3v) is 5.55. The molecular formula is C17H28O3. The molecule has 2 saturated carbocycles. The highest BCUT2D eigenvalue weighted by molar-refractivity contribution is 5.83. The summed E-state index contributed by atoms with van der Waals surface area (Å²) in [7, 11) is 0. The predicted molar refractivity (Wildman–Crippen MR) is 78.2 cm³/mol. The molecule has 0 amide bonds. The topological polar surface area (TPSA) is 43.4 Å². The lowest BCUT2D eigenvalue weighted by molar-refractivity contribution is -0.150. The Bertz CT molecular complexity index is 376. The Morgan fingerprint density at radius 3 is 2.80 bits per heavy atom. The highest BCUT2D eigenvalue weighted by Crippen LogP contribution is 2.54. The maximum Gasteiger partial charge on any atom is 0.308 e. The number of rotatable bonds is 3. The van der Waals surface area contributed by atoms with Crippen molar-refractivity contribution < 1.29 is 14.3 Å². The van der Waals surface area contributed by atoms with Gasteiger partial charge in [0.25, 0.3) is 0 Å². The smallest absolute Gasteiger partial charge is 0.308 e. The molecule has 0 bridgehead atoms. The van der Waals surface area contributed by atoms with Crippen LogP contribution in [0.1, 0.15) is 65.7 Å². The van der Waals surface area contributed by atoms with Gasteiger partial charge in [-0.1, -0.05) is 26.7 Å². The van der Waals surface area contributed by atoms with Crippen molar-refractivity contribution in [1.29, 1.82) is 0 Å². The molecule has 0 spiro atoms. The van der Waals surface area contributed by atoms with Crippen molar-refractivity contribution in [3.63, 3.8) is 0 Å². The molecule has 20 heavy (non-hydrogen) atoms. The van der Waals surface area contributed by atoms with Crippen molar-refractivity contribution in [2.75, 3.05) is 6.61 Å². The third kappa shape index (κ3) is 2.91. The summed E-state index contributed by atoms with van der Waals surface area (Å²) >= 11 is 0. The number of hydrogen-bond donors (Lipinski definition) is 0. The van der Waals surface area contributed by atoms with Gasteiger partial charge in [0.1, 0.15) is 5.78 Å². The molecule has 3 nitrogen and oxygen atoms in total. The zero-order chi connectivity index (χ0) is 14.8. The van der Waals surface area contributed by atoms with Crippen molar-refractivity contribution in [1.82, 2.24) is 0 Å². The SMILES string of the molecule is CCOC(=O)[C@@H](C)[C@@H]1CC[C@@]2(C)CCCCCC(=O)[C@@H]12.